The van der Waals surface area contributed by atoms with Crippen molar-refractivity contribution in [3.63, 3.8) is 0 Å². The van der Waals surface area contributed by atoms with E-state index >= 15 is 0 Å². The average Bonchev–Trinajstić information content (AvgIpc) is 2.39. The lowest BCUT2D eigenvalue weighted by molar-refractivity contribution is 0.458. The van der Waals surface area contributed by atoms with Gasteiger partial charge in [0, 0.05) is 6.26 Å². The summed E-state index contributed by atoms with van der Waals surface area (Å²) in [5.74, 6) is -0.136. The normalized spacial score (nSPS) is 15.6. The van der Waals surface area contributed by atoms with Gasteiger partial charge in [-0.25, -0.2) is 8.42 Å². The van der Waals surface area contributed by atoms with E-state index in [0.29, 0.717) is 0 Å². The Balaban J connectivity index is 0.00000144. The van der Waals surface area contributed by atoms with E-state index in [9.17, 15) is 13.5 Å². The molecule has 4 nitrogen and oxygen atoms in total. The zero-order chi connectivity index (χ0) is 11.8. The molecule has 0 saturated carbocycles. The first-order valence-corrected chi connectivity index (χ1v) is 7.13. The van der Waals surface area contributed by atoms with Gasteiger partial charge in [0.2, 0.25) is 0 Å². The van der Waals surface area contributed by atoms with Crippen LogP contribution in [0.4, 0.5) is 0 Å². The first-order valence-electron chi connectivity index (χ1n) is 5.24. The number of phenolic OH excluding ortho intramolecular Hbond substituents is 1. The summed E-state index contributed by atoms with van der Waals surface area (Å²) in [6.07, 6.45) is 2.74. The van der Waals surface area contributed by atoms with Crippen molar-refractivity contribution in [1.82, 2.24) is 5.32 Å². The summed E-state index contributed by atoms with van der Waals surface area (Å²) >= 11 is 0. The van der Waals surface area contributed by atoms with Crippen molar-refractivity contribution in [2.45, 2.75) is 17.7 Å². The molecule has 0 fully saturated rings. The Hall–Kier alpha value is -0.590. The van der Waals surface area contributed by atoms with Crippen molar-refractivity contribution in [3.8, 4) is 5.75 Å². The predicted octanol–water partition coefficient (Wildman–Crippen LogP) is 1.06. The van der Waals surface area contributed by atoms with Gasteiger partial charge in [0.05, 0.1) is 0 Å². The minimum Gasteiger partial charge on any atom is -0.507 e. The van der Waals surface area contributed by atoms with Crippen molar-refractivity contribution < 1.29 is 13.5 Å². The van der Waals surface area contributed by atoms with E-state index in [-0.39, 0.29) is 27.6 Å². The Morgan fingerprint density at radius 2 is 1.71 bits per heavy atom. The topological polar surface area (TPSA) is 66.4 Å². The van der Waals surface area contributed by atoms with Crippen LogP contribution >= 0.6 is 17.0 Å². The molecule has 0 unspecified atom stereocenters. The fourth-order valence-electron chi connectivity index (χ4n) is 1.99. The number of hydrogen-bond acceptors (Lipinski definition) is 4. The Labute approximate surface area is 112 Å². The Morgan fingerprint density at radius 3 is 2.24 bits per heavy atom. The second-order valence-corrected chi connectivity index (χ2v) is 6.09. The molecule has 1 heterocycles. The van der Waals surface area contributed by atoms with Gasteiger partial charge in [0.15, 0.2) is 9.84 Å². The van der Waals surface area contributed by atoms with Crippen molar-refractivity contribution in [3.05, 3.63) is 23.3 Å². The van der Waals surface area contributed by atoms with Gasteiger partial charge in [-0.15, -0.1) is 17.0 Å². The van der Waals surface area contributed by atoms with E-state index in [0.717, 1.165) is 43.3 Å². The number of sulfone groups is 1. The lowest BCUT2D eigenvalue weighted by atomic mass is 10.0. The molecule has 17 heavy (non-hydrogen) atoms. The Morgan fingerprint density at radius 1 is 1.18 bits per heavy atom. The third-order valence-corrected chi connectivity index (χ3v) is 3.95. The molecule has 0 amide bonds. The molecule has 2 rings (SSSR count). The van der Waals surface area contributed by atoms with E-state index < -0.39 is 9.84 Å². The molecule has 1 aromatic rings. The van der Waals surface area contributed by atoms with Gasteiger partial charge in [0.1, 0.15) is 10.6 Å². The standard InChI is InChI=1S/C11H15NO3S.BrH/c1-16(14,15)11-7-9-3-5-12-4-2-8(9)6-10(11)13;/h6-7,12-13H,2-5H2,1H3;1H. The Kier molecular flexibility index (Phi) is 4.57. The zero-order valence-corrected chi connectivity index (χ0v) is 12.1. The highest BCUT2D eigenvalue weighted by molar-refractivity contribution is 8.93. The van der Waals surface area contributed by atoms with Crippen LogP contribution in [0.1, 0.15) is 11.1 Å². The van der Waals surface area contributed by atoms with Gasteiger partial charge in [-0.05, 0) is 49.2 Å². The second kappa shape index (κ2) is 5.37. The summed E-state index contributed by atoms with van der Waals surface area (Å²) in [5.41, 5.74) is 2.05. The predicted molar refractivity (Wildman–Crippen MR) is 71.8 cm³/mol. The summed E-state index contributed by atoms with van der Waals surface area (Å²) in [4.78, 5) is 0.0353. The van der Waals surface area contributed by atoms with Crippen LogP contribution in [0, 0.1) is 0 Å². The van der Waals surface area contributed by atoms with Crippen LogP contribution in [0.25, 0.3) is 0 Å². The van der Waals surface area contributed by atoms with Gasteiger partial charge in [0.25, 0.3) is 0 Å². The van der Waals surface area contributed by atoms with Crippen molar-refractivity contribution >= 4 is 26.8 Å². The fourth-order valence-corrected chi connectivity index (χ4v) is 2.78. The smallest absolute Gasteiger partial charge is 0.179 e. The summed E-state index contributed by atoms with van der Waals surface area (Å²) in [6, 6.07) is 3.19. The van der Waals surface area contributed by atoms with E-state index in [1.54, 1.807) is 12.1 Å². The van der Waals surface area contributed by atoms with Crippen LogP contribution < -0.4 is 5.32 Å². The first-order chi connectivity index (χ1) is 7.48. The van der Waals surface area contributed by atoms with Crippen molar-refractivity contribution in [1.29, 1.82) is 0 Å². The summed E-state index contributed by atoms with van der Waals surface area (Å²) in [7, 11) is -3.35. The SMILES string of the molecule is Br.CS(=O)(=O)c1cc2c(cc1O)CCNCC2. The summed E-state index contributed by atoms with van der Waals surface area (Å²) < 4.78 is 22.9. The van der Waals surface area contributed by atoms with Crippen LogP contribution in [0.5, 0.6) is 5.75 Å². The van der Waals surface area contributed by atoms with Gasteiger partial charge < -0.3 is 10.4 Å². The second-order valence-electron chi connectivity index (χ2n) is 4.11. The van der Waals surface area contributed by atoms with Crippen LogP contribution in [0.3, 0.4) is 0 Å². The molecular formula is C11H16BrNO3S. The van der Waals surface area contributed by atoms with E-state index in [1.807, 2.05) is 0 Å². The average molecular weight is 322 g/mol. The number of fused-ring (bicyclic) bond motifs is 1. The molecule has 1 aliphatic heterocycles. The maximum Gasteiger partial charge on any atom is 0.179 e. The molecule has 1 aromatic carbocycles. The maximum absolute atomic E-state index is 11.4. The van der Waals surface area contributed by atoms with Gasteiger partial charge in [-0.2, -0.15) is 0 Å². The van der Waals surface area contributed by atoms with Crippen LogP contribution in [-0.2, 0) is 22.7 Å². The number of nitrogens with one attached hydrogen (secondary N) is 1. The maximum atomic E-state index is 11.4. The van der Waals surface area contributed by atoms with Crippen LogP contribution in [0.2, 0.25) is 0 Å². The van der Waals surface area contributed by atoms with Crippen LogP contribution in [-0.4, -0.2) is 32.9 Å². The molecular weight excluding hydrogens is 306 g/mol. The lowest BCUT2D eigenvalue weighted by Crippen LogP contribution is -2.16. The number of benzene rings is 1. The molecule has 96 valence electrons. The fraction of sp³-hybridized carbons (Fsp3) is 0.455. The van der Waals surface area contributed by atoms with Crippen molar-refractivity contribution in [2.75, 3.05) is 19.3 Å². The number of rotatable bonds is 1. The monoisotopic (exact) mass is 321 g/mol. The van der Waals surface area contributed by atoms with Gasteiger partial charge >= 0.3 is 0 Å². The Bertz CT molecular complexity index is 514. The highest BCUT2D eigenvalue weighted by Crippen LogP contribution is 2.28. The highest BCUT2D eigenvalue weighted by atomic mass is 79.9. The zero-order valence-electron chi connectivity index (χ0n) is 9.56. The quantitative estimate of drug-likeness (QED) is 0.811. The molecule has 0 saturated heterocycles. The molecule has 0 aliphatic carbocycles. The van der Waals surface area contributed by atoms with Crippen LogP contribution in [0.15, 0.2) is 17.0 Å². The molecule has 1 aliphatic rings. The molecule has 0 aromatic heterocycles. The summed E-state index contributed by atoms with van der Waals surface area (Å²) in [5, 5.41) is 12.9. The van der Waals surface area contributed by atoms with Crippen molar-refractivity contribution in [2.24, 2.45) is 0 Å². The lowest BCUT2D eigenvalue weighted by Gasteiger charge is -2.09. The molecule has 0 spiro atoms. The third kappa shape index (κ3) is 3.20. The molecule has 0 radical (unpaired) electrons. The number of hydrogen-bond donors (Lipinski definition) is 2. The minimum atomic E-state index is -3.35. The largest absolute Gasteiger partial charge is 0.507 e. The van der Waals surface area contributed by atoms with Gasteiger partial charge in [-0.3, -0.25) is 0 Å². The van der Waals surface area contributed by atoms with E-state index in [1.165, 1.54) is 0 Å². The first kappa shape index (κ1) is 14.5. The number of halogens is 1. The third-order valence-electron chi connectivity index (χ3n) is 2.82. The van der Waals surface area contributed by atoms with E-state index in [4.69, 9.17) is 0 Å². The minimum absolute atomic E-state index is 0. The highest BCUT2D eigenvalue weighted by Gasteiger charge is 2.17. The summed E-state index contributed by atoms with van der Waals surface area (Å²) in [6.45, 7) is 1.71. The molecule has 2 N–H and O–H groups in total. The molecule has 0 atom stereocenters. The number of aromatic hydroxyl groups is 1. The van der Waals surface area contributed by atoms with E-state index in [2.05, 4.69) is 5.32 Å². The molecule has 6 heteroatoms. The van der Waals surface area contributed by atoms with Gasteiger partial charge in [-0.1, -0.05) is 0 Å². The molecule has 0 bridgehead atoms. The number of phenols is 1.